The monoisotopic (exact) mass is 340 g/mol. The zero-order chi connectivity index (χ0) is 14.1. The van der Waals surface area contributed by atoms with E-state index < -0.39 is 0 Å². The maximum absolute atomic E-state index is 12.2. The topological polar surface area (TPSA) is 59.0 Å². The van der Waals surface area contributed by atoms with Gasteiger partial charge in [-0.05, 0) is 48.0 Å². The third-order valence-corrected chi connectivity index (χ3v) is 5.02. The summed E-state index contributed by atoms with van der Waals surface area (Å²) in [7, 11) is 0. The number of anilines is 1. The van der Waals surface area contributed by atoms with Crippen molar-refractivity contribution in [3.63, 3.8) is 0 Å². The molecule has 110 valence electrons. The van der Waals surface area contributed by atoms with Gasteiger partial charge in [0, 0.05) is 24.7 Å². The first-order chi connectivity index (χ1) is 9.67. The van der Waals surface area contributed by atoms with E-state index in [1.54, 1.807) is 6.20 Å². The van der Waals surface area contributed by atoms with Gasteiger partial charge in [-0.1, -0.05) is 6.92 Å². The second-order valence-electron chi connectivity index (χ2n) is 5.85. The van der Waals surface area contributed by atoms with Gasteiger partial charge in [-0.15, -0.1) is 0 Å². The molecule has 0 spiro atoms. The second kappa shape index (κ2) is 5.85. The normalized spacial score (nSPS) is 28.6. The highest BCUT2D eigenvalue weighted by atomic mass is 79.9. The minimum Gasteiger partial charge on any atom is -0.380 e. The van der Waals surface area contributed by atoms with Crippen LogP contribution in [0.5, 0.6) is 0 Å². The number of aromatic nitrogens is 2. The van der Waals surface area contributed by atoms with E-state index >= 15 is 0 Å². The fourth-order valence-electron chi connectivity index (χ4n) is 3.33. The summed E-state index contributed by atoms with van der Waals surface area (Å²) in [5, 5.41) is 11.4. The molecule has 2 aliphatic rings. The Hall–Kier alpha value is -0.880. The van der Waals surface area contributed by atoms with Gasteiger partial charge >= 0.3 is 0 Å². The van der Waals surface area contributed by atoms with Crippen molar-refractivity contribution in [3.05, 3.63) is 21.0 Å². The smallest absolute Gasteiger partial charge is 0.283 e. The molecule has 2 aliphatic heterocycles. The van der Waals surface area contributed by atoms with Gasteiger partial charge in [0.25, 0.3) is 5.56 Å². The van der Waals surface area contributed by atoms with Crippen molar-refractivity contribution in [1.29, 1.82) is 0 Å². The van der Waals surface area contributed by atoms with E-state index in [2.05, 4.69) is 31.7 Å². The SMILES string of the molecule is CCCn1ncc(NC2CC3CCC(C2)N3)c(Br)c1=O. The molecule has 0 aromatic carbocycles. The Kier molecular flexibility index (Phi) is 4.12. The van der Waals surface area contributed by atoms with Crippen LogP contribution in [0, 0.1) is 0 Å². The number of piperidine rings is 1. The van der Waals surface area contributed by atoms with E-state index in [0.29, 0.717) is 29.1 Å². The highest BCUT2D eigenvalue weighted by molar-refractivity contribution is 9.10. The molecule has 2 saturated heterocycles. The molecule has 3 rings (SSSR count). The largest absolute Gasteiger partial charge is 0.380 e. The van der Waals surface area contributed by atoms with Crippen molar-refractivity contribution in [2.24, 2.45) is 0 Å². The van der Waals surface area contributed by atoms with Crippen LogP contribution in [0.25, 0.3) is 0 Å². The Bertz CT molecular complexity index is 532. The van der Waals surface area contributed by atoms with E-state index in [1.807, 2.05) is 6.92 Å². The summed E-state index contributed by atoms with van der Waals surface area (Å²) in [4.78, 5) is 12.2. The van der Waals surface area contributed by atoms with Crippen LogP contribution in [0.3, 0.4) is 0 Å². The molecule has 6 heteroatoms. The van der Waals surface area contributed by atoms with Gasteiger partial charge in [0.2, 0.25) is 0 Å². The minimum absolute atomic E-state index is 0.0474. The van der Waals surface area contributed by atoms with Gasteiger partial charge < -0.3 is 10.6 Å². The molecule has 5 nitrogen and oxygen atoms in total. The Morgan fingerprint density at radius 1 is 1.45 bits per heavy atom. The molecule has 0 amide bonds. The number of hydrogen-bond donors (Lipinski definition) is 2. The third kappa shape index (κ3) is 2.76. The number of halogens is 1. The Labute approximate surface area is 127 Å². The summed E-state index contributed by atoms with van der Waals surface area (Å²) < 4.78 is 2.12. The average molecular weight is 341 g/mol. The zero-order valence-electron chi connectivity index (χ0n) is 11.7. The second-order valence-corrected chi connectivity index (χ2v) is 6.64. The first kappa shape index (κ1) is 14.1. The number of nitrogens with zero attached hydrogens (tertiary/aromatic N) is 2. The number of rotatable bonds is 4. The summed E-state index contributed by atoms with van der Waals surface area (Å²) in [5.41, 5.74) is 0.780. The molecule has 2 fully saturated rings. The lowest BCUT2D eigenvalue weighted by atomic mass is 10.00. The fraction of sp³-hybridized carbons (Fsp3) is 0.714. The molecule has 20 heavy (non-hydrogen) atoms. The molecular formula is C14H21BrN4O. The summed E-state index contributed by atoms with van der Waals surface area (Å²) >= 11 is 3.42. The van der Waals surface area contributed by atoms with Crippen LogP contribution >= 0.6 is 15.9 Å². The van der Waals surface area contributed by atoms with Crippen LogP contribution < -0.4 is 16.2 Å². The molecule has 2 bridgehead atoms. The van der Waals surface area contributed by atoms with E-state index in [4.69, 9.17) is 0 Å². The highest BCUT2D eigenvalue weighted by Crippen LogP contribution is 2.29. The maximum Gasteiger partial charge on any atom is 0.283 e. The molecule has 1 aromatic rings. The van der Waals surface area contributed by atoms with Crippen LogP contribution in [0.15, 0.2) is 15.5 Å². The molecular weight excluding hydrogens is 320 g/mol. The predicted molar refractivity (Wildman–Crippen MR) is 83.1 cm³/mol. The average Bonchev–Trinajstić information content (AvgIpc) is 2.78. The molecule has 2 unspecified atom stereocenters. The lowest BCUT2D eigenvalue weighted by molar-refractivity contribution is 0.378. The molecule has 3 heterocycles. The summed E-state index contributed by atoms with van der Waals surface area (Å²) in [6, 6.07) is 1.71. The van der Waals surface area contributed by atoms with Gasteiger partial charge in [0.1, 0.15) is 4.47 Å². The first-order valence-corrected chi connectivity index (χ1v) is 8.25. The number of fused-ring (bicyclic) bond motifs is 2. The van der Waals surface area contributed by atoms with E-state index in [9.17, 15) is 4.79 Å². The highest BCUT2D eigenvalue weighted by Gasteiger charge is 2.33. The maximum atomic E-state index is 12.2. The Balaban J connectivity index is 1.74. The zero-order valence-corrected chi connectivity index (χ0v) is 13.3. The molecule has 1 aromatic heterocycles. The number of nitrogens with one attached hydrogen (secondary N) is 2. The molecule has 0 saturated carbocycles. The summed E-state index contributed by atoms with van der Waals surface area (Å²) in [6.45, 7) is 2.70. The lowest BCUT2D eigenvalue weighted by Crippen LogP contribution is -2.43. The van der Waals surface area contributed by atoms with Gasteiger partial charge in [-0.2, -0.15) is 5.10 Å². The third-order valence-electron chi connectivity index (χ3n) is 4.25. The van der Waals surface area contributed by atoms with Crippen LogP contribution in [0.1, 0.15) is 39.0 Å². The first-order valence-electron chi connectivity index (χ1n) is 7.45. The minimum atomic E-state index is -0.0474. The van der Waals surface area contributed by atoms with Crippen molar-refractivity contribution < 1.29 is 0 Å². The quantitative estimate of drug-likeness (QED) is 0.881. The van der Waals surface area contributed by atoms with Crippen molar-refractivity contribution in [1.82, 2.24) is 15.1 Å². The van der Waals surface area contributed by atoms with Crippen LogP contribution in [0.4, 0.5) is 5.69 Å². The van der Waals surface area contributed by atoms with E-state index in [-0.39, 0.29) is 5.56 Å². The van der Waals surface area contributed by atoms with Crippen LogP contribution in [-0.4, -0.2) is 27.9 Å². The van der Waals surface area contributed by atoms with Crippen molar-refractivity contribution in [3.8, 4) is 0 Å². The van der Waals surface area contributed by atoms with Crippen molar-refractivity contribution >= 4 is 21.6 Å². The number of hydrogen-bond acceptors (Lipinski definition) is 4. The van der Waals surface area contributed by atoms with Gasteiger partial charge in [0.15, 0.2) is 0 Å². The Morgan fingerprint density at radius 2 is 2.15 bits per heavy atom. The Morgan fingerprint density at radius 3 is 2.80 bits per heavy atom. The molecule has 2 N–H and O–H groups in total. The number of aryl methyl sites for hydroxylation is 1. The van der Waals surface area contributed by atoms with Gasteiger partial charge in [-0.25, -0.2) is 4.68 Å². The van der Waals surface area contributed by atoms with Crippen LogP contribution in [0.2, 0.25) is 0 Å². The van der Waals surface area contributed by atoms with E-state index in [0.717, 1.165) is 24.9 Å². The lowest BCUT2D eigenvalue weighted by Gasteiger charge is -2.30. The summed E-state index contributed by atoms with van der Waals surface area (Å²) in [6.07, 6.45) is 7.48. The van der Waals surface area contributed by atoms with Crippen molar-refractivity contribution in [2.45, 2.75) is 63.7 Å². The van der Waals surface area contributed by atoms with Crippen molar-refractivity contribution in [2.75, 3.05) is 5.32 Å². The van der Waals surface area contributed by atoms with Crippen LogP contribution in [-0.2, 0) is 6.54 Å². The predicted octanol–water partition coefficient (Wildman–Crippen LogP) is 2.11. The fourth-order valence-corrected chi connectivity index (χ4v) is 3.75. The van der Waals surface area contributed by atoms with Gasteiger partial charge in [0.05, 0.1) is 11.9 Å². The standard InChI is InChI=1S/C14H21BrN4O/c1-2-5-19-14(20)13(15)12(8-16-19)18-11-6-9-3-4-10(7-11)17-9/h8-11,17-18H,2-7H2,1H3. The molecule has 0 radical (unpaired) electrons. The van der Waals surface area contributed by atoms with Gasteiger partial charge in [-0.3, -0.25) is 4.79 Å². The molecule has 2 atom stereocenters. The molecule has 0 aliphatic carbocycles. The van der Waals surface area contributed by atoms with E-state index in [1.165, 1.54) is 17.5 Å². The summed E-state index contributed by atoms with van der Waals surface area (Å²) in [5.74, 6) is 0.